The number of anilines is 1. The van der Waals surface area contributed by atoms with Crippen LogP contribution in [-0.2, 0) is 16.6 Å². The second-order valence-electron chi connectivity index (χ2n) is 5.47. The molecular weight excluding hydrogens is 316 g/mol. The molecule has 1 aliphatic rings. The maximum atomic E-state index is 13.4. The van der Waals surface area contributed by atoms with Crippen molar-refractivity contribution in [2.45, 2.75) is 30.9 Å². The molecule has 23 heavy (non-hydrogen) atoms. The summed E-state index contributed by atoms with van der Waals surface area (Å²) in [6.07, 6.45) is -4.79. The number of aromatic nitrogens is 1. The first kappa shape index (κ1) is 15.5. The number of nitrogens with zero attached hydrogens (tertiary/aromatic N) is 1. The molecule has 0 radical (unpaired) electrons. The molecule has 0 atom stereocenters. The van der Waals surface area contributed by atoms with Crippen molar-refractivity contribution < 1.29 is 26.9 Å². The van der Waals surface area contributed by atoms with Crippen LogP contribution in [0.3, 0.4) is 0 Å². The third-order valence-electron chi connectivity index (χ3n) is 3.85. The number of nitrogens with one attached hydrogen (secondary N) is 1. The summed E-state index contributed by atoms with van der Waals surface area (Å²) in [6, 6.07) is 6.82. The van der Waals surface area contributed by atoms with Crippen molar-refractivity contribution in [1.82, 2.24) is 5.16 Å². The Kier molecular flexibility index (Phi) is 3.62. The van der Waals surface area contributed by atoms with E-state index in [1.807, 2.05) is 0 Å². The molecule has 3 rings (SSSR count). The number of halogens is 4. The van der Waals surface area contributed by atoms with Crippen LogP contribution in [-0.4, -0.2) is 17.2 Å². The number of carbonyl (C=O) groups excluding carboxylic acids is 1. The number of rotatable bonds is 4. The molecule has 1 amide bonds. The standard InChI is InChI=1S/C15H12F4N2O2/c16-10-4-2-1-3-9(10)7-13(22)20-12-8-11(23-21-12)14(5-6-14)15(17,18)19/h1-4,8H,5-7H2,(H,20,21,22). The van der Waals surface area contributed by atoms with Gasteiger partial charge in [0, 0.05) is 6.07 Å². The van der Waals surface area contributed by atoms with Gasteiger partial charge in [-0.2, -0.15) is 13.2 Å². The van der Waals surface area contributed by atoms with Gasteiger partial charge in [-0.3, -0.25) is 4.79 Å². The Balaban J connectivity index is 1.68. The zero-order chi connectivity index (χ0) is 16.7. The summed E-state index contributed by atoms with van der Waals surface area (Å²) >= 11 is 0. The minimum absolute atomic E-state index is 0.0612. The van der Waals surface area contributed by atoms with Gasteiger partial charge in [0.05, 0.1) is 6.42 Å². The van der Waals surface area contributed by atoms with Crippen molar-refractivity contribution in [3.63, 3.8) is 0 Å². The van der Waals surface area contributed by atoms with Crippen LogP contribution in [0.25, 0.3) is 0 Å². The zero-order valence-electron chi connectivity index (χ0n) is 11.8. The number of hydrogen-bond acceptors (Lipinski definition) is 3. The van der Waals surface area contributed by atoms with Gasteiger partial charge in [0.25, 0.3) is 0 Å². The van der Waals surface area contributed by atoms with E-state index in [1.165, 1.54) is 18.2 Å². The number of benzene rings is 1. The molecule has 1 heterocycles. The van der Waals surface area contributed by atoms with E-state index in [9.17, 15) is 22.4 Å². The normalized spacial score (nSPS) is 16.2. The lowest BCUT2D eigenvalue weighted by Crippen LogP contribution is -2.28. The first-order chi connectivity index (χ1) is 10.8. The highest BCUT2D eigenvalue weighted by Gasteiger charge is 2.66. The maximum Gasteiger partial charge on any atom is 0.401 e. The van der Waals surface area contributed by atoms with Crippen molar-refractivity contribution in [2.24, 2.45) is 0 Å². The first-order valence-corrected chi connectivity index (χ1v) is 6.89. The van der Waals surface area contributed by atoms with Crippen molar-refractivity contribution in [3.05, 3.63) is 47.5 Å². The van der Waals surface area contributed by atoms with E-state index >= 15 is 0 Å². The Labute approximate surface area is 128 Å². The van der Waals surface area contributed by atoms with E-state index in [0.29, 0.717) is 0 Å². The van der Waals surface area contributed by atoms with E-state index in [2.05, 4.69) is 10.5 Å². The summed E-state index contributed by atoms with van der Waals surface area (Å²) in [5, 5.41) is 5.75. The molecule has 1 saturated carbocycles. The third-order valence-corrected chi connectivity index (χ3v) is 3.85. The quantitative estimate of drug-likeness (QED) is 0.873. The highest BCUT2D eigenvalue weighted by Crippen LogP contribution is 2.59. The SMILES string of the molecule is O=C(Cc1ccccc1F)Nc1cc(C2(C(F)(F)F)CC2)on1. The van der Waals surface area contributed by atoms with Crippen LogP contribution < -0.4 is 5.32 Å². The second kappa shape index (κ2) is 5.36. The average Bonchev–Trinajstić information content (AvgIpc) is 3.17. The highest BCUT2D eigenvalue weighted by molar-refractivity contribution is 5.91. The third kappa shape index (κ3) is 2.93. The molecule has 122 valence electrons. The number of carbonyl (C=O) groups is 1. The van der Waals surface area contributed by atoms with Crippen LogP contribution in [0.15, 0.2) is 34.9 Å². The van der Waals surface area contributed by atoms with Crippen molar-refractivity contribution in [3.8, 4) is 0 Å². The second-order valence-corrected chi connectivity index (χ2v) is 5.47. The van der Waals surface area contributed by atoms with Crippen LogP contribution in [0, 0.1) is 5.82 Å². The minimum atomic E-state index is -4.42. The predicted octanol–water partition coefficient (Wildman–Crippen LogP) is 3.59. The van der Waals surface area contributed by atoms with Gasteiger partial charge in [0.15, 0.2) is 11.6 Å². The molecule has 1 aliphatic carbocycles. The predicted molar refractivity (Wildman–Crippen MR) is 72.2 cm³/mol. The van der Waals surface area contributed by atoms with Crippen LogP contribution in [0.5, 0.6) is 0 Å². The molecule has 0 saturated heterocycles. The Morgan fingerprint density at radius 2 is 2.00 bits per heavy atom. The number of amides is 1. The van der Waals surface area contributed by atoms with E-state index in [-0.39, 0.29) is 36.4 Å². The van der Waals surface area contributed by atoms with E-state index in [0.717, 1.165) is 6.07 Å². The molecule has 1 aromatic heterocycles. The molecule has 0 aliphatic heterocycles. The number of hydrogen-bond donors (Lipinski definition) is 1. The van der Waals surface area contributed by atoms with Gasteiger partial charge >= 0.3 is 6.18 Å². The minimum Gasteiger partial charge on any atom is -0.358 e. The van der Waals surface area contributed by atoms with Gasteiger partial charge < -0.3 is 9.84 Å². The van der Waals surface area contributed by atoms with Crippen LogP contribution >= 0.6 is 0 Å². The van der Waals surface area contributed by atoms with Crippen molar-refractivity contribution in [1.29, 1.82) is 0 Å². The Morgan fingerprint density at radius 1 is 1.30 bits per heavy atom. The summed E-state index contributed by atoms with van der Waals surface area (Å²) in [4.78, 5) is 11.8. The molecule has 0 spiro atoms. The number of alkyl halides is 3. The molecule has 1 fully saturated rings. The fourth-order valence-electron chi connectivity index (χ4n) is 2.36. The topological polar surface area (TPSA) is 55.1 Å². The summed E-state index contributed by atoms with van der Waals surface area (Å²) < 4.78 is 57.1. The van der Waals surface area contributed by atoms with E-state index in [1.54, 1.807) is 6.07 Å². The monoisotopic (exact) mass is 328 g/mol. The molecule has 4 nitrogen and oxygen atoms in total. The van der Waals surface area contributed by atoms with Gasteiger partial charge in [-0.25, -0.2) is 4.39 Å². The van der Waals surface area contributed by atoms with Gasteiger partial charge in [-0.15, -0.1) is 0 Å². The molecular formula is C15H12F4N2O2. The largest absolute Gasteiger partial charge is 0.401 e. The lowest BCUT2D eigenvalue weighted by molar-refractivity contribution is -0.165. The van der Waals surface area contributed by atoms with Crippen molar-refractivity contribution >= 4 is 11.7 Å². The fraction of sp³-hybridized carbons (Fsp3) is 0.333. The molecule has 8 heteroatoms. The molecule has 1 N–H and O–H groups in total. The van der Waals surface area contributed by atoms with Gasteiger partial charge in [-0.05, 0) is 24.5 Å². The van der Waals surface area contributed by atoms with Crippen LogP contribution in [0.1, 0.15) is 24.2 Å². The maximum absolute atomic E-state index is 13.4. The van der Waals surface area contributed by atoms with Crippen molar-refractivity contribution in [2.75, 3.05) is 5.32 Å². The molecule has 1 aromatic carbocycles. The lowest BCUT2D eigenvalue weighted by atomic mass is 10.0. The van der Waals surface area contributed by atoms with Gasteiger partial charge in [0.2, 0.25) is 5.91 Å². The lowest BCUT2D eigenvalue weighted by Gasteiger charge is -2.14. The van der Waals surface area contributed by atoms with E-state index < -0.39 is 23.3 Å². The van der Waals surface area contributed by atoms with Gasteiger partial charge in [0.1, 0.15) is 11.2 Å². The Bertz CT molecular complexity index is 735. The molecule has 0 unspecified atom stereocenters. The highest BCUT2D eigenvalue weighted by atomic mass is 19.4. The fourth-order valence-corrected chi connectivity index (χ4v) is 2.36. The summed E-state index contributed by atoms with van der Waals surface area (Å²) in [7, 11) is 0. The van der Waals surface area contributed by atoms with Crippen LogP contribution in [0.4, 0.5) is 23.4 Å². The van der Waals surface area contributed by atoms with Gasteiger partial charge in [-0.1, -0.05) is 23.4 Å². The summed E-state index contributed by atoms with van der Waals surface area (Å²) in [5.74, 6) is -1.55. The smallest absolute Gasteiger partial charge is 0.358 e. The van der Waals surface area contributed by atoms with E-state index in [4.69, 9.17) is 4.52 Å². The first-order valence-electron chi connectivity index (χ1n) is 6.89. The molecule has 0 bridgehead atoms. The Hall–Kier alpha value is -2.38. The summed E-state index contributed by atoms with van der Waals surface area (Å²) in [6.45, 7) is 0. The molecule has 2 aromatic rings. The van der Waals surface area contributed by atoms with Crippen LogP contribution in [0.2, 0.25) is 0 Å². The Morgan fingerprint density at radius 3 is 2.61 bits per heavy atom. The summed E-state index contributed by atoms with van der Waals surface area (Å²) in [5.41, 5.74) is -1.81. The zero-order valence-corrected chi connectivity index (χ0v) is 11.8. The average molecular weight is 328 g/mol.